The molecule has 3 heterocycles. The number of hydrogen-bond donors (Lipinski definition) is 0. The molecular weight excluding hydrogens is 349 g/mol. The zero-order chi connectivity index (χ0) is 14.2. The molecule has 0 fully saturated rings. The quantitative estimate of drug-likeness (QED) is 0.749. The molecule has 0 spiro atoms. The number of nitrogens with zero attached hydrogens (tertiary/aromatic N) is 2. The Bertz CT molecular complexity index is 739. The van der Waals surface area contributed by atoms with E-state index in [4.69, 9.17) is 4.74 Å². The third-order valence-electron chi connectivity index (χ3n) is 3.74. The van der Waals surface area contributed by atoms with E-state index in [0.29, 0.717) is 0 Å². The van der Waals surface area contributed by atoms with E-state index in [2.05, 4.69) is 64.7 Å². The van der Waals surface area contributed by atoms with E-state index in [-0.39, 0.29) is 16.2 Å². The second-order valence-corrected chi connectivity index (χ2v) is 7.22. The standard InChI is InChI=1S/C17H16N2O.Ru/c1-20-11-5-10-18-13-17-9-8-16(12-19(17)14-18)15-6-3-2-4-7-15;/h2-4,6-9,12-13H,5,10H2,1H3;. The number of hydrogen-bond acceptors (Lipinski definition) is 3. The molecule has 4 rings (SSSR count). The van der Waals surface area contributed by atoms with Gasteiger partial charge < -0.3 is 0 Å². The van der Waals surface area contributed by atoms with Gasteiger partial charge in [-0.15, -0.1) is 0 Å². The summed E-state index contributed by atoms with van der Waals surface area (Å²) in [6, 6.07) is 10.5. The number of benzene rings is 1. The van der Waals surface area contributed by atoms with Crippen LogP contribution in [-0.4, -0.2) is 32.1 Å². The van der Waals surface area contributed by atoms with Gasteiger partial charge in [-0.3, -0.25) is 0 Å². The first-order chi connectivity index (χ1) is 10.3. The van der Waals surface area contributed by atoms with Gasteiger partial charge in [0, 0.05) is 0 Å². The van der Waals surface area contributed by atoms with Crippen molar-refractivity contribution in [3.63, 3.8) is 0 Å². The van der Waals surface area contributed by atoms with Gasteiger partial charge in [0.2, 0.25) is 0 Å². The number of methoxy groups -OCH3 is 1. The van der Waals surface area contributed by atoms with E-state index in [9.17, 15) is 0 Å². The first kappa shape index (κ1) is 13.1. The van der Waals surface area contributed by atoms with Gasteiger partial charge in [-0.05, 0) is 0 Å². The molecular formula is C17H16N2ORu. The van der Waals surface area contributed by atoms with Crippen molar-refractivity contribution in [1.82, 2.24) is 9.80 Å². The Kier molecular flexibility index (Phi) is 3.29. The van der Waals surface area contributed by atoms with Crippen molar-refractivity contribution < 1.29 is 21.0 Å². The fourth-order valence-electron chi connectivity index (χ4n) is 2.65. The van der Waals surface area contributed by atoms with Crippen LogP contribution in [0.25, 0.3) is 5.57 Å². The zero-order valence-corrected chi connectivity index (χ0v) is 13.5. The van der Waals surface area contributed by atoms with Gasteiger partial charge in [0.25, 0.3) is 0 Å². The Morgan fingerprint density at radius 2 is 1.95 bits per heavy atom. The van der Waals surface area contributed by atoms with Gasteiger partial charge in [0.05, 0.1) is 0 Å². The fraction of sp³-hybridized carbons (Fsp3) is 0.176. The van der Waals surface area contributed by atoms with E-state index in [1.54, 1.807) is 7.11 Å². The average Bonchev–Trinajstić information content (AvgIpc) is 2.92. The van der Waals surface area contributed by atoms with Gasteiger partial charge in [-0.1, -0.05) is 0 Å². The Morgan fingerprint density at radius 1 is 1.10 bits per heavy atom. The summed E-state index contributed by atoms with van der Waals surface area (Å²) in [6.45, 7) is 1.02. The molecule has 1 aromatic carbocycles. The Labute approximate surface area is 131 Å². The predicted octanol–water partition coefficient (Wildman–Crippen LogP) is 2.41. The molecule has 4 heteroatoms. The van der Waals surface area contributed by atoms with Crippen molar-refractivity contribution in [2.75, 3.05) is 13.7 Å². The molecule has 0 amide bonds. The molecule has 0 N–H and O–H groups in total. The molecule has 3 aliphatic rings. The molecule has 0 aliphatic carbocycles. The summed E-state index contributed by atoms with van der Waals surface area (Å²) in [6.07, 6.45) is 9.97. The van der Waals surface area contributed by atoms with Crippen LogP contribution in [0.3, 0.4) is 0 Å². The van der Waals surface area contributed by atoms with Crippen LogP contribution in [0.1, 0.15) is 12.0 Å². The van der Waals surface area contributed by atoms with Crippen LogP contribution in [0, 0.1) is 0 Å². The van der Waals surface area contributed by atoms with Crippen molar-refractivity contribution in [2.24, 2.45) is 0 Å². The predicted molar refractivity (Wildman–Crippen MR) is 81.8 cm³/mol. The molecule has 0 atom stereocenters. The molecule has 0 radical (unpaired) electrons. The van der Waals surface area contributed by atoms with E-state index in [0.717, 1.165) is 13.0 Å². The Morgan fingerprint density at radius 3 is 2.76 bits per heavy atom. The molecule has 0 unspecified atom stereocenters. The van der Waals surface area contributed by atoms with E-state index in [1.807, 2.05) is 0 Å². The third kappa shape index (κ3) is 2.29. The van der Waals surface area contributed by atoms with Crippen molar-refractivity contribution in [3.05, 3.63) is 66.1 Å². The number of rotatable bonds is 2. The maximum absolute atomic E-state index is 5.51. The Hall–Kier alpha value is -1.64. The van der Waals surface area contributed by atoms with Crippen molar-refractivity contribution in [2.45, 2.75) is 6.42 Å². The number of allylic oxidation sites excluding steroid dienone is 3. The van der Waals surface area contributed by atoms with E-state index < -0.39 is 0 Å². The fourth-order valence-corrected chi connectivity index (χ4v) is 4.77. The minimum absolute atomic E-state index is 0.0000872. The molecule has 3 nitrogen and oxygen atoms in total. The zero-order valence-electron chi connectivity index (χ0n) is 11.8. The summed E-state index contributed by atoms with van der Waals surface area (Å²) in [4.78, 5) is 4.71. The monoisotopic (exact) mass is 366 g/mol. The van der Waals surface area contributed by atoms with E-state index >= 15 is 0 Å². The van der Waals surface area contributed by atoms with Crippen molar-refractivity contribution in [3.8, 4) is 0 Å². The normalized spacial score (nSPS) is 20.2. The van der Waals surface area contributed by atoms with Crippen LogP contribution in [0.5, 0.6) is 0 Å². The van der Waals surface area contributed by atoms with Crippen molar-refractivity contribution >= 4 is 14.2 Å². The first-order valence-electron chi connectivity index (χ1n) is 6.97. The first-order valence-corrected chi connectivity index (χ1v) is 8.71. The molecule has 0 saturated heterocycles. The second-order valence-electron chi connectivity index (χ2n) is 5.04. The second kappa shape index (κ2) is 5.29. The molecule has 1 aromatic rings. The summed E-state index contributed by atoms with van der Waals surface area (Å²) in [5, 5.41) is 0. The topological polar surface area (TPSA) is 15.7 Å². The van der Waals surface area contributed by atoms with Crippen molar-refractivity contribution in [1.29, 1.82) is 0 Å². The van der Waals surface area contributed by atoms with Crippen LogP contribution in [-0.2, 0) is 21.0 Å². The molecule has 0 aromatic heterocycles. The van der Waals surface area contributed by atoms with Crippen LogP contribution in [0.4, 0.5) is 0 Å². The summed E-state index contributed by atoms with van der Waals surface area (Å²) in [5.41, 5.74) is 3.78. The SMILES string of the molecule is CO[C]1=[Ru]=[C]2N(C=C3C=CC(c4ccccc4)=CN32)CC1. The summed E-state index contributed by atoms with van der Waals surface area (Å²) in [7, 11) is 1.80. The van der Waals surface area contributed by atoms with Crippen LogP contribution in [0.2, 0.25) is 0 Å². The van der Waals surface area contributed by atoms with Gasteiger partial charge >= 0.3 is 131 Å². The summed E-state index contributed by atoms with van der Waals surface area (Å²) >= 11 is 0.0000872. The number of fused-ring (bicyclic) bond motifs is 3. The average molecular weight is 365 g/mol. The molecule has 0 bridgehead atoms. The van der Waals surface area contributed by atoms with Gasteiger partial charge in [0.1, 0.15) is 0 Å². The molecule has 3 aliphatic heterocycles. The summed E-state index contributed by atoms with van der Waals surface area (Å²) < 4.78 is 8.16. The Balaban J connectivity index is 1.77. The summed E-state index contributed by atoms with van der Waals surface area (Å²) in [5.74, 6) is 0. The van der Waals surface area contributed by atoms with E-state index in [1.165, 1.54) is 25.5 Å². The molecule has 21 heavy (non-hydrogen) atoms. The van der Waals surface area contributed by atoms with Crippen LogP contribution < -0.4 is 0 Å². The van der Waals surface area contributed by atoms with Crippen LogP contribution >= 0.6 is 0 Å². The van der Waals surface area contributed by atoms with Crippen LogP contribution in [0.15, 0.2) is 60.6 Å². The van der Waals surface area contributed by atoms with Gasteiger partial charge in [0.15, 0.2) is 0 Å². The minimum atomic E-state index is 0.0000872. The molecule has 0 saturated carbocycles. The maximum atomic E-state index is 5.51. The molecule has 108 valence electrons. The van der Waals surface area contributed by atoms with Gasteiger partial charge in [-0.2, -0.15) is 0 Å². The third-order valence-corrected chi connectivity index (χ3v) is 6.32. The van der Waals surface area contributed by atoms with Gasteiger partial charge in [-0.25, -0.2) is 0 Å². The number of ether oxygens (including phenoxy) is 1.